The average molecular weight is 292 g/mol. The van der Waals surface area contributed by atoms with Crippen molar-refractivity contribution in [1.82, 2.24) is 5.32 Å². The van der Waals surface area contributed by atoms with E-state index < -0.39 is 12.0 Å². The van der Waals surface area contributed by atoms with Crippen molar-refractivity contribution in [2.75, 3.05) is 6.54 Å². The lowest BCUT2D eigenvalue weighted by Gasteiger charge is -2.16. The lowest BCUT2D eigenvalue weighted by molar-refractivity contribution is -0.137. The van der Waals surface area contributed by atoms with Gasteiger partial charge in [-0.2, -0.15) is 0 Å². The molecule has 1 aromatic carbocycles. The molecule has 0 fully saturated rings. The van der Waals surface area contributed by atoms with Crippen LogP contribution in [0.3, 0.4) is 0 Å². The highest BCUT2D eigenvalue weighted by atomic mass is 16.4. The summed E-state index contributed by atoms with van der Waals surface area (Å²) < 4.78 is 0. The Morgan fingerprint density at radius 3 is 2.48 bits per heavy atom. The van der Waals surface area contributed by atoms with E-state index in [9.17, 15) is 9.59 Å². The number of carbonyl (C=O) groups is 2. The van der Waals surface area contributed by atoms with Gasteiger partial charge >= 0.3 is 5.97 Å². The van der Waals surface area contributed by atoms with E-state index in [0.717, 1.165) is 18.4 Å². The molecule has 2 unspecified atom stereocenters. The molecule has 5 nitrogen and oxygen atoms in total. The molecule has 21 heavy (non-hydrogen) atoms. The monoisotopic (exact) mass is 292 g/mol. The minimum atomic E-state index is -0.774. The molecular weight excluding hydrogens is 268 g/mol. The highest BCUT2D eigenvalue weighted by Gasteiger charge is 2.15. The van der Waals surface area contributed by atoms with Crippen LogP contribution in [0, 0.1) is 5.92 Å². The number of rotatable bonds is 9. The van der Waals surface area contributed by atoms with E-state index in [0.29, 0.717) is 18.9 Å². The van der Waals surface area contributed by atoms with Crippen molar-refractivity contribution >= 4 is 11.9 Å². The fourth-order valence-corrected chi connectivity index (χ4v) is 2.20. The average Bonchev–Trinajstić information content (AvgIpc) is 2.50. The van der Waals surface area contributed by atoms with Crippen molar-refractivity contribution < 1.29 is 14.7 Å². The van der Waals surface area contributed by atoms with Gasteiger partial charge in [0, 0.05) is 13.0 Å². The van der Waals surface area contributed by atoms with E-state index in [2.05, 4.69) is 5.32 Å². The van der Waals surface area contributed by atoms with E-state index >= 15 is 0 Å². The highest BCUT2D eigenvalue weighted by Crippen LogP contribution is 2.15. The number of hydrogen-bond donors (Lipinski definition) is 3. The van der Waals surface area contributed by atoms with Crippen molar-refractivity contribution in [3.8, 4) is 0 Å². The summed E-state index contributed by atoms with van der Waals surface area (Å²) in [5.41, 5.74) is 6.68. The Kier molecular flexibility index (Phi) is 7.46. The first-order valence-corrected chi connectivity index (χ1v) is 7.34. The maximum Gasteiger partial charge on any atom is 0.303 e. The molecule has 0 saturated heterocycles. The van der Waals surface area contributed by atoms with Gasteiger partial charge < -0.3 is 16.2 Å². The Labute approximate surface area is 125 Å². The summed E-state index contributed by atoms with van der Waals surface area (Å²) in [4.78, 5) is 22.5. The molecule has 0 aliphatic heterocycles. The third-order valence-electron chi connectivity index (χ3n) is 3.64. The number of carboxylic acid groups (broad SMARTS) is 1. The number of carbonyl (C=O) groups excluding carboxylic acids is 1. The van der Waals surface area contributed by atoms with Crippen molar-refractivity contribution in [3.63, 3.8) is 0 Å². The lowest BCUT2D eigenvalue weighted by atomic mass is 9.96. The van der Waals surface area contributed by atoms with Gasteiger partial charge in [0.2, 0.25) is 5.91 Å². The number of nitrogens with two attached hydrogens (primary N) is 1. The quantitative estimate of drug-likeness (QED) is 0.649. The molecule has 1 rings (SSSR count). The van der Waals surface area contributed by atoms with Crippen LogP contribution in [-0.2, 0) is 9.59 Å². The molecule has 2 atom stereocenters. The normalized spacial score (nSPS) is 13.4. The van der Waals surface area contributed by atoms with Crippen LogP contribution in [0.25, 0.3) is 0 Å². The summed E-state index contributed by atoms with van der Waals surface area (Å²) in [7, 11) is 0. The number of carboxylic acids is 1. The van der Waals surface area contributed by atoms with Gasteiger partial charge in [-0.1, -0.05) is 43.7 Å². The smallest absolute Gasteiger partial charge is 0.303 e. The minimum Gasteiger partial charge on any atom is -0.481 e. The van der Waals surface area contributed by atoms with Gasteiger partial charge in [-0.3, -0.25) is 9.59 Å². The SMILES string of the molecule is CCC(CCNC(=O)C(N)c1ccccc1)CCC(=O)O. The first kappa shape index (κ1) is 17.2. The van der Waals surface area contributed by atoms with Crippen molar-refractivity contribution in [2.45, 2.75) is 38.6 Å². The maximum atomic E-state index is 11.9. The van der Waals surface area contributed by atoms with Crippen LogP contribution >= 0.6 is 0 Å². The molecule has 1 amide bonds. The Morgan fingerprint density at radius 1 is 1.24 bits per heavy atom. The second kappa shape index (κ2) is 9.13. The fourth-order valence-electron chi connectivity index (χ4n) is 2.20. The topological polar surface area (TPSA) is 92.4 Å². The van der Waals surface area contributed by atoms with Crippen molar-refractivity contribution in [3.05, 3.63) is 35.9 Å². The summed E-state index contributed by atoms with van der Waals surface area (Å²) in [5.74, 6) is -0.660. The van der Waals surface area contributed by atoms with E-state index in [4.69, 9.17) is 10.8 Å². The van der Waals surface area contributed by atoms with Gasteiger partial charge in [-0.15, -0.1) is 0 Å². The van der Waals surface area contributed by atoms with Gasteiger partial charge in [0.05, 0.1) is 0 Å². The number of aliphatic carboxylic acids is 1. The van der Waals surface area contributed by atoms with Crippen LogP contribution in [0.15, 0.2) is 30.3 Å². The minimum absolute atomic E-state index is 0.177. The Bertz CT molecular complexity index is 448. The van der Waals surface area contributed by atoms with Gasteiger partial charge in [-0.25, -0.2) is 0 Å². The zero-order valence-electron chi connectivity index (χ0n) is 12.4. The van der Waals surface area contributed by atoms with Crippen LogP contribution in [0.4, 0.5) is 0 Å². The summed E-state index contributed by atoms with van der Waals surface area (Å²) in [5, 5.41) is 11.5. The molecular formula is C16H24N2O3. The fraction of sp³-hybridized carbons (Fsp3) is 0.500. The second-order valence-electron chi connectivity index (χ2n) is 5.17. The third kappa shape index (κ3) is 6.40. The lowest BCUT2D eigenvalue weighted by Crippen LogP contribution is -2.35. The number of nitrogens with one attached hydrogen (secondary N) is 1. The summed E-state index contributed by atoms with van der Waals surface area (Å²) >= 11 is 0. The first-order chi connectivity index (χ1) is 10.0. The summed E-state index contributed by atoms with van der Waals surface area (Å²) in [6.45, 7) is 2.56. The predicted octanol–water partition coefficient (Wildman–Crippen LogP) is 2.08. The molecule has 0 heterocycles. The molecule has 4 N–H and O–H groups in total. The van der Waals surface area contributed by atoms with Crippen LogP contribution in [-0.4, -0.2) is 23.5 Å². The van der Waals surface area contributed by atoms with Gasteiger partial charge in [-0.05, 0) is 24.3 Å². The second-order valence-corrected chi connectivity index (χ2v) is 5.17. The number of hydrogen-bond acceptors (Lipinski definition) is 3. The molecule has 0 bridgehead atoms. The van der Waals surface area contributed by atoms with E-state index in [-0.39, 0.29) is 12.3 Å². The van der Waals surface area contributed by atoms with Crippen molar-refractivity contribution in [2.24, 2.45) is 11.7 Å². The Balaban J connectivity index is 2.33. The molecule has 0 radical (unpaired) electrons. The molecule has 116 valence electrons. The van der Waals surface area contributed by atoms with Crippen LogP contribution in [0.1, 0.15) is 44.2 Å². The van der Waals surface area contributed by atoms with E-state index in [1.165, 1.54) is 0 Å². The predicted molar refractivity (Wildman–Crippen MR) is 81.6 cm³/mol. The molecule has 0 spiro atoms. The molecule has 1 aromatic rings. The van der Waals surface area contributed by atoms with Crippen molar-refractivity contribution in [1.29, 1.82) is 0 Å². The van der Waals surface area contributed by atoms with Gasteiger partial charge in [0.15, 0.2) is 0 Å². The third-order valence-corrected chi connectivity index (χ3v) is 3.64. The number of benzene rings is 1. The molecule has 0 saturated carbocycles. The first-order valence-electron chi connectivity index (χ1n) is 7.34. The summed E-state index contributed by atoms with van der Waals surface area (Å²) in [6, 6.07) is 8.56. The molecule has 0 aromatic heterocycles. The highest BCUT2D eigenvalue weighted by molar-refractivity contribution is 5.82. The van der Waals surface area contributed by atoms with Gasteiger partial charge in [0.1, 0.15) is 6.04 Å². The largest absolute Gasteiger partial charge is 0.481 e. The van der Waals surface area contributed by atoms with Crippen LogP contribution < -0.4 is 11.1 Å². The maximum absolute atomic E-state index is 11.9. The van der Waals surface area contributed by atoms with E-state index in [1.807, 2.05) is 37.3 Å². The zero-order valence-corrected chi connectivity index (χ0v) is 12.4. The summed E-state index contributed by atoms with van der Waals surface area (Å²) in [6.07, 6.45) is 2.51. The molecule has 0 aliphatic carbocycles. The van der Waals surface area contributed by atoms with E-state index in [1.54, 1.807) is 0 Å². The molecule has 5 heteroatoms. The molecule has 0 aliphatic rings. The number of amides is 1. The van der Waals surface area contributed by atoms with Crippen LogP contribution in [0.5, 0.6) is 0 Å². The standard InChI is InChI=1S/C16H24N2O3/c1-2-12(8-9-14(19)20)10-11-18-16(21)15(17)13-6-4-3-5-7-13/h3-7,12,15H,2,8-11,17H2,1H3,(H,18,21)(H,19,20). The zero-order chi connectivity index (χ0) is 15.7. The van der Waals surface area contributed by atoms with Crippen LogP contribution in [0.2, 0.25) is 0 Å². The Morgan fingerprint density at radius 2 is 1.90 bits per heavy atom. The van der Waals surface area contributed by atoms with Gasteiger partial charge in [0.25, 0.3) is 0 Å². The Hall–Kier alpha value is -1.88.